The number of nitrogens with zero attached hydrogens (tertiary/aromatic N) is 1. The molecule has 14 heavy (non-hydrogen) atoms. The maximum Gasteiger partial charge on any atom is 0.214 e. The monoisotopic (exact) mass is 217 g/mol. The Labute approximate surface area is 87.5 Å². The molecular formula is C9H13ClFN3. The third-order valence-corrected chi connectivity index (χ3v) is 2.12. The zero-order valence-corrected chi connectivity index (χ0v) is 8.52. The van der Waals surface area contributed by atoms with Gasteiger partial charge in [0.2, 0.25) is 5.95 Å². The highest BCUT2D eigenvalue weighted by Crippen LogP contribution is 2.14. The minimum absolute atomic E-state index is 0.401. The molecule has 0 aliphatic carbocycles. The molecule has 1 aromatic rings. The minimum atomic E-state index is -0.555. The fraction of sp³-hybridized carbons (Fsp3) is 0.444. The number of aromatic nitrogens is 1. The van der Waals surface area contributed by atoms with Crippen LogP contribution in [0.5, 0.6) is 0 Å². The van der Waals surface area contributed by atoms with E-state index in [2.05, 4.69) is 10.3 Å². The van der Waals surface area contributed by atoms with Crippen LogP contribution in [0, 0.1) is 5.95 Å². The molecule has 0 aliphatic rings. The summed E-state index contributed by atoms with van der Waals surface area (Å²) in [6.07, 6.45) is 2.35. The predicted molar refractivity (Wildman–Crippen MR) is 54.6 cm³/mol. The largest absolute Gasteiger partial charge is 0.330 e. The van der Waals surface area contributed by atoms with E-state index in [4.69, 9.17) is 17.3 Å². The van der Waals surface area contributed by atoms with Gasteiger partial charge < -0.3 is 11.1 Å². The Morgan fingerprint density at radius 1 is 1.57 bits per heavy atom. The molecule has 1 rings (SSSR count). The molecule has 0 unspecified atom stereocenters. The topological polar surface area (TPSA) is 50.9 Å². The lowest BCUT2D eigenvalue weighted by atomic mass is 10.3. The Morgan fingerprint density at radius 2 is 2.36 bits per heavy atom. The van der Waals surface area contributed by atoms with Crippen LogP contribution in [0.2, 0.25) is 5.02 Å². The van der Waals surface area contributed by atoms with Gasteiger partial charge in [0.25, 0.3) is 0 Å². The van der Waals surface area contributed by atoms with E-state index in [0.29, 0.717) is 18.1 Å². The normalized spacial score (nSPS) is 10.5. The van der Waals surface area contributed by atoms with Gasteiger partial charge in [-0.2, -0.15) is 4.39 Å². The zero-order chi connectivity index (χ0) is 10.4. The quantitative estimate of drug-likeness (QED) is 0.578. The van der Waals surface area contributed by atoms with E-state index in [1.807, 2.05) is 0 Å². The van der Waals surface area contributed by atoms with Crippen molar-refractivity contribution in [3.05, 3.63) is 28.8 Å². The lowest BCUT2D eigenvalue weighted by Gasteiger charge is -2.05. The molecular weight excluding hydrogens is 205 g/mol. The molecule has 3 nitrogen and oxygen atoms in total. The number of nitrogens with one attached hydrogen (secondary N) is 1. The average Bonchev–Trinajstić information content (AvgIpc) is 2.15. The minimum Gasteiger partial charge on any atom is -0.330 e. The van der Waals surface area contributed by atoms with Crippen molar-refractivity contribution in [2.45, 2.75) is 13.0 Å². The molecule has 0 spiro atoms. The third kappa shape index (κ3) is 3.57. The average molecular weight is 218 g/mol. The van der Waals surface area contributed by atoms with E-state index < -0.39 is 5.95 Å². The maximum absolute atomic E-state index is 12.6. The molecule has 1 aromatic heterocycles. The first-order chi connectivity index (χ1) is 6.74. The number of pyridine rings is 1. The highest BCUT2D eigenvalue weighted by Gasteiger charge is 2.01. The zero-order valence-electron chi connectivity index (χ0n) is 7.76. The Balaban J connectivity index is 2.42. The number of hydrogen-bond acceptors (Lipinski definition) is 3. The molecule has 0 atom stereocenters. The van der Waals surface area contributed by atoms with Crippen molar-refractivity contribution in [3.8, 4) is 0 Å². The van der Waals surface area contributed by atoms with Crippen molar-refractivity contribution in [3.63, 3.8) is 0 Å². The Morgan fingerprint density at radius 3 is 3.00 bits per heavy atom. The Bertz CT molecular complexity index is 293. The molecule has 0 bridgehead atoms. The SMILES string of the molecule is NCCCNCc1cnc(F)cc1Cl. The van der Waals surface area contributed by atoms with Gasteiger partial charge >= 0.3 is 0 Å². The van der Waals surface area contributed by atoms with E-state index in [0.717, 1.165) is 18.5 Å². The van der Waals surface area contributed by atoms with Gasteiger partial charge in [0, 0.05) is 24.4 Å². The van der Waals surface area contributed by atoms with E-state index in [1.54, 1.807) is 0 Å². The van der Waals surface area contributed by atoms with Crippen molar-refractivity contribution in [2.75, 3.05) is 13.1 Å². The second-order valence-electron chi connectivity index (χ2n) is 2.92. The molecule has 0 radical (unpaired) electrons. The van der Waals surface area contributed by atoms with Crippen molar-refractivity contribution < 1.29 is 4.39 Å². The first kappa shape index (κ1) is 11.4. The van der Waals surface area contributed by atoms with Crippen molar-refractivity contribution in [2.24, 2.45) is 5.73 Å². The van der Waals surface area contributed by atoms with Crippen LogP contribution < -0.4 is 11.1 Å². The number of halogens is 2. The lowest BCUT2D eigenvalue weighted by molar-refractivity contribution is 0.579. The van der Waals surface area contributed by atoms with Crippen LogP contribution in [0.3, 0.4) is 0 Å². The van der Waals surface area contributed by atoms with Gasteiger partial charge in [0.05, 0.1) is 5.02 Å². The highest BCUT2D eigenvalue weighted by molar-refractivity contribution is 6.31. The first-order valence-electron chi connectivity index (χ1n) is 4.44. The van der Waals surface area contributed by atoms with E-state index in [9.17, 15) is 4.39 Å². The second-order valence-corrected chi connectivity index (χ2v) is 3.32. The highest BCUT2D eigenvalue weighted by atomic mass is 35.5. The van der Waals surface area contributed by atoms with Crippen LogP contribution in [0.4, 0.5) is 4.39 Å². The van der Waals surface area contributed by atoms with Crippen LogP contribution >= 0.6 is 11.6 Å². The summed E-state index contributed by atoms with van der Waals surface area (Å²) in [7, 11) is 0. The Hall–Kier alpha value is -0.710. The third-order valence-electron chi connectivity index (χ3n) is 1.77. The summed E-state index contributed by atoms with van der Waals surface area (Å²) < 4.78 is 12.6. The van der Waals surface area contributed by atoms with Crippen LogP contribution in [-0.4, -0.2) is 18.1 Å². The molecule has 0 saturated heterocycles. The number of nitrogens with two attached hydrogens (primary N) is 1. The van der Waals surface area contributed by atoms with Gasteiger partial charge in [-0.05, 0) is 19.5 Å². The molecule has 5 heteroatoms. The number of rotatable bonds is 5. The van der Waals surface area contributed by atoms with Crippen molar-refractivity contribution in [1.29, 1.82) is 0 Å². The molecule has 0 aliphatic heterocycles. The van der Waals surface area contributed by atoms with Gasteiger partial charge in [0.1, 0.15) is 0 Å². The van der Waals surface area contributed by atoms with Gasteiger partial charge in [-0.1, -0.05) is 11.6 Å². The second kappa shape index (κ2) is 5.90. The van der Waals surface area contributed by atoms with E-state index in [-0.39, 0.29) is 0 Å². The lowest BCUT2D eigenvalue weighted by Crippen LogP contribution is -2.18. The number of hydrogen-bond donors (Lipinski definition) is 2. The molecule has 0 saturated carbocycles. The fourth-order valence-corrected chi connectivity index (χ4v) is 1.22. The summed E-state index contributed by atoms with van der Waals surface area (Å²) in [5, 5.41) is 3.54. The maximum atomic E-state index is 12.6. The van der Waals surface area contributed by atoms with Gasteiger partial charge in [-0.25, -0.2) is 4.98 Å². The summed E-state index contributed by atoms with van der Waals surface area (Å²) in [5.41, 5.74) is 6.13. The summed E-state index contributed by atoms with van der Waals surface area (Å²) >= 11 is 5.80. The van der Waals surface area contributed by atoms with Gasteiger partial charge in [-0.15, -0.1) is 0 Å². The van der Waals surface area contributed by atoms with Crippen LogP contribution in [-0.2, 0) is 6.54 Å². The van der Waals surface area contributed by atoms with Crippen LogP contribution in [0.1, 0.15) is 12.0 Å². The van der Waals surface area contributed by atoms with Crippen molar-refractivity contribution in [1.82, 2.24) is 10.3 Å². The fourth-order valence-electron chi connectivity index (χ4n) is 1.02. The standard InChI is InChI=1S/C9H13ClFN3/c10-8-4-9(11)14-6-7(8)5-13-3-1-2-12/h4,6,13H,1-3,5,12H2. The smallest absolute Gasteiger partial charge is 0.214 e. The van der Waals surface area contributed by atoms with Crippen LogP contribution in [0.25, 0.3) is 0 Å². The van der Waals surface area contributed by atoms with Crippen molar-refractivity contribution >= 4 is 11.6 Å². The van der Waals surface area contributed by atoms with Gasteiger partial charge in [-0.3, -0.25) is 0 Å². The molecule has 0 fully saturated rings. The summed E-state index contributed by atoms with van der Waals surface area (Å²) in [5.74, 6) is -0.555. The predicted octanol–water partition coefficient (Wildman–Crippen LogP) is 1.31. The summed E-state index contributed by atoms with van der Waals surface area (Å²) in [4.78, 5) is 3.52. The molecule has 0 aromatic carbocycles. The van der Waals surface area contributed by atoms with E-state index in [1.165, 1.54) is 12.3 Å². The Kier molecular flexibility index (Phi) is 4.79. The molecule has 78 valence electrons. The van der Waals surface area contributed by atoms with E-state index >= 15 is 0 Å². The van der Waals surface area contributed by atoms with Crippen LogP contribution in [0.15, 0.2) is 12.3 Å². The molecule has 0 amide bonds. The van der Waals surface area contributed by atoms with Gasteiger partial charge in [0.15, 0.2) is 0 Å². The summed E-state index contributed by atoms with van der Waals surface area (Å²) in [6.45, 7) is 2.07. The molecule has 3 N–H and O–H groups in total. The first-order valence-corrected chi connectivity index (χ1v) is 4.82. The summed E-state index contributed by atoms with van der Waals surface area (Å²) in [6, 6.07) is 1.21. The molecule has 1 heterocycles.